The Kier molecular flexibility index (Phi) is 2.91. The van der Waals surface area contributed by atoms with E-state index in [9.17, 15) is 0 Å². The monoisotopic (exact) mass is 139 g/mol. The summed E-state index contributed by atoms with van der Waals surface area (Å²) in [6.07, 6.45) is 6.75. The van der Waals surface area contributed by atoms with Gasteiger partial charge in [-0.1, -0.05) is 19.8 Å². The van der Waals surface area contributed by atoms with Crippen LogP contribution in [0.3, 0.4) is 0 Å². The van der Waals surface area contributed by atoms with Crippen molar-refractivity contribution in [1.29, 1.82) is 0 Å². The van der Waals surface area contributed by atoms with Gasteiger partial charge in [0.25, 0.3) is 0 Å². The summed E-state index contributed by atoms with van der Waals surface area (Å²) >= 11 is 0. The number of aliphatic imine (C=N–C) groups is 1. The number of hydrogen-bond donors (Lipinski definition) is 0. The van der Waals surface area contributed by atoms with Crippen molar-refractivity contribution in [2.24, 2.45) is 10.9 Å². The van der Waals surface area contributed by atoms with Crippen molar-refractivity contribution in [2.45, 2.75) is 39.0 Å². The van der Waals surface area contributed by atoms with E-state index in [0.717, 1.165) is 5.92 Å². The van der Waals surface area contributed by atoms with E-state index in [1.54, 1.807) is 0 Å². The Morgan fingerprint density at radius 2 is 2.40 bits per heavy atom. The molecular formula is C9H17N. The van der Waals surface area contributed by atoms with Crippen LogP contribution in [-0.4, -0.2) is 12.8 Å². The Morgan fingerprint density at radius 3 is 2.80 bits per heavy atom. The minimum absolute atomic E-state index is 0.866. The molecule has 0 bridgehead atoms. The fraction of sp³-hybridized carbons (Fsp3) is 0.889. The summed E-state index contributed by atoms with van der Waals surface area (Å²) in [5.41, 5.74) is 1.47. The highest BCUT2D eigenvalue weighted by Gasteiger charge is 2.23. The molecule has 1 heteroatoms. The van der Waals surface area contributed by atoms with Gasteiger partial charge in [-0.05, 0) is 25.2 Å². The normalized spacial score (nSPS) is 28.6. The second-order valence-corrected chi connectivity index (χ2v) is 3.09. The lowest BCUT2D eigenvalue weighted by Crippen LogP contribution is -2.25. The van der Waals surface area contributed by atoms with Crippen molar-refractivity contribution in [3.05, 3.63) is 0 Å². The van der Waals surface area contributed by atoms with Crippen LogP contribution in [0.5, 0.6) is 0 Å². The molecule has 0 saturated heterocycles. The summed E-state index contributed by atoms with van der Waals surface area (Å²) in [4.78, 5) is 4.24. The van der Waals surface area contributed by atoms with Crippen LogP contribution in [0.4, 0.5) is 0 Å². The Balaban J connectivity index is 2.17. The van der Waals surface area contributed by atoms with Gasteiger partial charge in [-0.15, -0.1) is 0 Å². The molecule has 58 valence electrons. The van der Waals surface area contributed by atoms with Crippen LogP contribution in [-0.2, 0) is 0 Å². The lowest BCUT2D eigenvalue weighted by molar-refractivity contribution is 0.491. The molecule has 1 atom stereocenters. The zero-order valence-electron chi connectivity index (χ0n) is 7.06. The molecule has 1 rings (SSSR count). The molecule has 0 radical (unpaired) electrons. The maximum Gasteiger partial charge on any atom is 0.0276 e. The molecule has 0 spiro atoms. The first kappa shape index (κ1) is 7.77. The van der Waals surface area contributed by atoms with Crippen molar-refractivity contribution in [3.8, 4) is 0 Å². The third kappa shape index (κ3) is 1.59. The van der Waals surface area contributed by atoms with Crippen molar-refractivity contribution in [2.75, 3.05) is 7.05 Å². The van der Waals surface area contributed by atoms with E-state index >= 15 is 0 Å². The molecule has 0 N–H and O–H groups in total. The quantitative estimate of drug-likeness (QED) is 0.570. The smallest absolute Gasteiger partial charge is 0.0276 e. The lowest BCUT2D eigenvalue weighted by atomic mass is 9.79. The van der Waals surface area contributed by atoms with E-state index in [1.807, 2.05) is 7.05 Å². The van der Waals surface area contributed by atoms with Gasteiger partial charge in [-0.2, -0.15) is 0 Å². The van der Waals surface area contributed by atoms with Crippen LogP contribution in [0.2, 0.25) is 0 Å². The van der Waals surface area contributed by atoms with Crippen molar-refractivity contribution in [3.63, 3.8) is 0 Å². The fourth-order valence-electron chi connectivity index (χ4n) is 1.53. The molecule has 1 nitrogen and oxygen atoms in total. The molecule has 0 heterocycles. The first-order valence-corrected chi connectivity index (χ1v) is 4.34. The molecule has 0 aromatic rings. The van der Waals surface area contributed by atoms with Gasteiger partial charge in [-0.25, -0.2) is 0 Å². The molecule has 0 aliphatic heterocycles. The number of rotatable bonds is 3. The van der Waals surface area contributed by atoms with Crippen molar-refractivity contribution >= 4 is 5.71 Å². The lowest BCUT2D eigenvalue weighted by Gasteiger charge is -2.27. The molecule has 0 amide bonds. The fourth-order valence-corrected chi connectivity index (χ4v) is 1.53. The predicted octanol–water partition coefficient (Wildman–Crippen LogP) is 2.66. The molecule has 0 aromatic heterocycles. The van der Waals surface area contributed by atoms with Crippen LogP contribution in [0, 0.1) is 5.92 Å². The largest absolute Gasteiger partial charge is 0.297 e. The van der Waals surface area contributed by atoms with E-state index in [-0.39, 0.29) is 0 Å². The number of hydrogen-bond acceptors (Lipinski definition) is 1. The molecular weight excluding hydrogens is 122 g/mol. The van der Waals surface area contributed by atoms with E-state index in [0.29, 0.717) is 0 Å². The van der Waals surface area contributed by atoms with Crippen molar-refractivity contribution < 1.29 is 0 Å². The van der Waals surface area contributed by atoms with Gasteiger partial charge < -0.3 is 0 Å². The van der Waals surface area contributed by atoms with Crippen molar-refractivity contribution in [1.82, 2.24) is 0 Å². The molecule has 1 aliphatic carbocycles. The van der Waals surface area contributed by atoms with E-state index in [2.05, 4.69) is 11.9 Å². The topological polar surface area (TPSA) is 12.4 Å². The number of nitrogens with zero attached hydrogens (tertiary/aromatic N) is 1. The zero-order valence-corrected chi connectivity index (χ0v) is 7.06. The van der Waals surface area contributed by atoms with Crippen LogP contribution < -0.4 is 0 Å². The van der Waals surface area contributed by atoms with Gasteiger partial charge in [0.2, 0.25) is 0 Å². The second-order valence-electron chi connectivity index (χ2n) is 3.09. The van der Waals surface area contributed by atoms with Crippen LogP contribution in [0.25, 0.3) is 0 Å². The molecule has 1 fully saturated rings. The highest BCUT2D eigenvalue weighted by molar-refractivity contribution is 5.91. The van der Waals surface area contributed by atoms with Gasteiger partial charge in [0.15, 0.2) is 0 Å². The standard InChI is InChI=1S/C9H17N/c1-3-4-5-8-6-7-9(8)10-2/h8H,3-7H2,1-2H3. The summed E-state index contributed by atoms with van der Waals surface area (Å²) in [5.74, 6) is 0.866. The van der Waals surface area contributed by atoms with Gasteiger partial charge in [0.05, 0.1) is 0 Å². The van der Waals surface area contributed by atoms with E-state index in [4.69, 9.17) is 0 Å². The Hall–Kier alpha value is -0.330. The molecule has 10 heavy (non-hydrogen) atoms. The van der Waals surface area contributed by atoms with Crippen LogP contribution >= 0.6 is 0 Å². The summed E-state index contributed by atoms with van der Waals surface area (Å²) in [6, 6.07) is 0. The summed E-state index contributed by atoms with van der Waals surface area (Å²) in [7, 11) is 1.92. The highest BCUT2D eigenvalue weighted by atomic mass is 14.7. The molecule has 1 unspecified atom stereocenters. The van der Waals surface area contributed by atoms with Gasteiger partial charge >= 0.3 is 0 Å². The third-order valence-corrected chi connectivity index (χ3v) is 2.41. The SMILES string of the molecule is CCCCC1CCC1=NC. The van der Waals surface area contributed by atoms with Gasteiger partial charge in [0, 0.05) is 12.8 Å². The van der Waals surface area contributed by atoms with E-state index < -0.39 is 0 Å². The van der Waals surface area contributed by atoms with Crippen LogP contribution in [0.1, 0.15) is 39.0 Å². The summed E-state index contributed by atoms with van der Waals surface area (Å²) in [5, 5.41) is 0. The maximum absolute atomic E-state index is 4.24. The Bertz CT molecular complexity index is 127. The second kappa shape index (κ2) is 3.75. The molecule has 1 aliphatic rings. The number of unbranched alkanes of at least 4 members (excludes halogenated alkanes) is 1. The summed E-state index contributed by atoms with van der Waals surface area (Å²) < 4.78 is 0. The Labute approximate surface area is 63.5 Å². The minimum Gasteiger partial charge on any atom is -0.297 e. The van der Waals surface area contributed by atoms with E-state index in [1.165, 1.54) is 37.8 Å². The molecule has 1 saturated carbocycles. The average Bonchev–Trinajstić information content (AvgIpc) is 1.88. The minimum atomic E-state index is 0.866. The zero-order chi connectivity index (χ0) is 7.40. The third-order valence-electron chi connectivity index (χ3n) is 2.41. The van der Waals surface area contributed by atoms with Gasteiger partial charge in [-0.3, -0.25) is 4.99 Å². The van der Waals surface area contributed by atoms with Gasteiger partial charge in [0.1, 0.15) is 0 Å². The maximum atomic E-state index is 4.24. The average molecular weight is 139 g/mol. The summed E-state index contributed by atoms with van der Waals surface area (Å²) in [6.45, 7) is 2.25. The first-order valence-electron chi connectivity index (χ1n) is 4.34. The first-order chi connectivity index (χ1) is 4.88. The van der Waals surface area contributed by atoms with Crippen LogP contribution in [0.15, 0.2) is 4.99 Å². The highest BCUT2D eigenvalue weighted by Crippen LogP contribution is 2.28. The molecule has 0 aromatic carbocycles. The predicted molar refractivity (Wildman–Crippen MR) is 45.6 cm³/mol. The Morgan fingerprint density at radius 1 is 1.60 bits per heavy atom.